The number of carbonyl (C=O) groups is 1. The van der Waals surface area contributed by atoms with Gasteiger partial charge in [-0.25, -0.2) is 9.97 Å². The van der Waals surface area contributed by atoms with E-state index in [1.165, 1.54) is 6.33 Å². The Labute approximate surface area is 131 Å². The van der Waals surface area contributed by atoms with Gasteiger partial charge < -0.3 is 10.6 Å². The Kier molecular flexibility index (Phi) is 3.94. The molecule has 1 amide bonds. The Morgan fingerprint density at radius 3 is 2.76 bits per heavy atom. The molecule has 2 heterocycles. The lowest BCUT2D eigenvalue weighted by atomic mass is 9.97. The largest absolute Gasteiger partial charge is 0.385 e. The van der Waals surface area contributed by atoms with Crippen molar-refractivity contribution in [2.75, 3.05) is 17.2 Å². The minimum Gasteiger partial charge on any atom is -0.385 e. The molecule has 0 saturated carbocycles. The summed E-state index contributed by atoms with van der Waals surface area (Å²) in [4.78, 5) is 20.1. The highest BCUT2D eigenvalue weighted by Gasteiger charge is 2.19. The van der Waals surface area contributed by atoms with Crippen molar-refractivity contribution < 1.29 is 4.79 Å². The van der Waals surface area contributed by atoms with E-state index in [0.717, 1.165) is 30.6 Å². The molecule has 2 N–H and O–H groups in total. The number of anilines is 2. The van der Waals surface area contributed by atoms with Crippen molar-refractivity contribution in [3.63, 3.8) is 0 Å². The summed E-state index contributed by atoms with van der Waals surface area (Å²) in [6, 6.07) is 5.60. The van der Waals surface area contributed by atoms with Gasteiger partial charge in [0, 0.05) is 17.8 Å². The van der Waals surface area contributed by atoms with Gasteiger partial charge in [-0.15, -0.1) is 0 Å². The zero-order chi connectivity index (χ0) is 14.8. The number of amides is 1. The Morgan fingerprint density at radius 1 is 1.24 bits per heavy atom. The highest BCUT2D eigenvalue weighted by molar-refractivity contribution is 6.38. The van der Waals surface area contributed by atoms with E-state index >= 15 is 0 Å². The van der Waals surface area contributed by atoms with Gasteiger partial charge in [0.05, 0.1) is 0 Å². The molecule has 108 valence electrons. The summed E-state index contributed by atoms with van der Waals surface area (Å²) in [5.74, 6) is -0.269. The van der Waals surface area contributed by atoms with E-state index in [9.17, 15) is 4.79 Å². The smallest absolute Gasteiger partial charge is 0.256 e. The van der Waals surface area contributed by atoms with Gasteiger partial charge in [-0.1, -0.05) is 29.3 Å². The zero-order valence-electron chi connectivity index (χ0n) is 11.0. The van der Waals surface area contributed by atoms with E-state index in [2.05, 4.69) is 20.6 Å². The lowest BCUT2D eigenvalue weighted by Gasteiger charge is -2.20. The van der Waals surface area contributed by atoms with Crippen molar-refractivity contribution >= 4 is 40.5 Å². The molecule has 1 aliphatic rings. The van der Waals surface area contributed by atoms with Crippen LogP contribution in [-0.2, 0) is 6.42 Å². The van der Waals surface area contributed by atoms with Gasteiger partial charge in [0.1, 0.15) is 12.0 Å². The van der Waals surface area contributed by atoms with E-state index in [4.69, 9.17) is 23.2 Å². The standard InChI is InChI=1S/C14H12Cl2N4O/c15-12-11(13(16)19-7-18-12)20-14(21)9-3-1-5-10-8(9)4-2-6-17-10/h1,3,5,7,17H,2,4,6H2,(H,20,21). The fourth-order valence-corrected chi connectivity index (χ4v) is 2.76. The molecular weight excluding hydrogens is 311 g/mol. The number of carbonyl (C=O) groups excluding carboxylic acids is 1. The van der Waals surface area contributed by atoms with Gasteiger partial charge in [-0.05, 0) is 30.5 Å². The molecule has 5 nitrogen and oxygen atoms in total. The average molecular weight is 323 g/mol. The first-order valence-electron chi connectivity index (χ1n) is 6.50. The van der Waals surface area contributed by atoms with Crippen molar-refractivity contribution in [2.24, 2.45) is 0 Å². The first-order chi connectivity index (χ1) is 10.2. The molecular formula is C14H12Cl2N4O. The van der Waals surface area contributed by atoms with Crippen LogP contribution in [0.3, 0.4) is 0 Å². The topological polar surface area (TPSA) is 66.9 Å². The van der Waals surface area contributed by atoms with Gasteiger partial charge in [0.15, 0.2) is 10.3 Å². The lowest BCUT2D eigenvalue weighted by molar-refractivity contribution is 0.102. The monoisotopic (exact) mass is 322 g/mol. The van der Waals surface area contributed by atoms with Crippen LogP contribution >= 0.6 is 23.2 Å². The second kappa shape index (κ2) is 5.87. The van der Waals surface area contributed by atoms with Crippen LogP contribution in [0.15, 0.2) is 24.5 Å². The Bertz CT molecular complexity index is 685. The lowest BCUT2D eigenvalue weighted by Crippen LogP contribution is -2.19. The van der Waals surface area contributed by atoms with E-state index in [-0.39, 0.29) is 21.9 Å². The highest BCUT2D eigenvalue weighted by Crippen LogP contribution is 2.29. The van der Waals surface area contributed by atoms with Crippen LogP contribution < -0.4 is 10.6 Å². The second-order valence-corrected chi connectivity index (χ2v) is 5.36. The van der Waals surface area contributed by atoms with Gasteiger partial charge in [0.25, 0.3) is 5.91 Å². The van der Waals surface area contributed by atoms with Crippen molar-refractivity contribution in [3.05, 3.63) is 46.0 Å². The van der Waals surface area contributed by atoms with Gasteiger partial charge >= 0.3 is 0 Å². The third-order valence-corrected chi connectivity index (χ3v) is 3.91. The highest BCUT2D eigenvalue weighted by atomic mass is 35.5. The Balaban J connectivity index is 1.93. The van der Waals surface area contributed by atoms with Crippen LogP contribution in [0.25, 0.3) is 0 Å². The number of hydrogen-bond acceptors (Lipinski definition) is 4. The van der Waals surface area contributed by atoms with Gasteiger partial charge in [0.2, 0.25) is 0 Å². The maximum Gasteiger partial charge on any atom is 0.256 e. The minimum atomic E-state index is -0.269. The van der Waals surface area contributed by atoms with E-state index in [1.807, 2.05) is 12.1 Å². The maximum absolute atomic E-state index is 12.5. The first kappa shape index (κ1) is 14.1. The molecule has 1 aliphatic heterocycles. The summed E-state index contributed by atoms with van der Waals surface area (Å²) in [7, 11) is 0. The van der Waals surface area contributed by atoms with E-state index in [1.54, 1.807) is 6.07 Å². The second-order valence-electron chi connectivity index (χ2n) is 4.65. The van der Waals surface area contributed by atoms with Crippen molar-refractivity contribution in [3.8, 4) is 0 Å². The number of hydrogen-bond donors (Lipinski definition) is 2. The molecule has 0 fully saturated rings. The SMILES string of the molecule is O=C(Nc1c(Cl)ncnc1Cl)c1cccc2c1CCCN2. The van der Waals surface area contributed by atoms with Crippen molar-refractivity contribution in [1.29, 1.82) is 0 Å². The molecule has 0 unspecified atom stereocenters. The summed E-state index contributed by atoms with van der Waals surface area (Å²) in [6.07, 6.45) is 3.10. The molecule has 0 radical (unpaired) electrons. The Morgan fingerprint density at radius 2 is 2.00 bits per heavy atom. The van der Waals surface area contributed by atoms with Gasteiger partial charge in [-0.2, -0.15) is 0 Å². The quantitative estimate of drug-likeness (QED) is 0.831. The molecule has 0 saturated heterocycles. The van der Waals surface area contributed by atoms with Crippen LogP contribution in [0.1, 0.15) is 22.3 Å². The fourth-order valence-electron chi connectivity index (χ4n) is 2.35. The molecule has 0 aliphatic carbocycles. The molecule has 0 spiro atoms. The number of nitrogens with zero attached hydrogens (tertiary/aromatic N) is 2. The summed E-state index contributed by atoms with van der Waals surface area (Å²) in [6.45, 7) is 0.919. The van der Waals surface area contributed by atoms with Crippen LogP contribution in [-0.4, -0.2) is 22.4 Å². The summed E-state index contributed by atoms with van der Waals surface area (Å²) >= 11 is 11.9. The van der Waals surface area contributed by atoms with E-state index in [0.29, 0.717) is 5.56 Å². The van der Waals surface area contributed by atoms with Crippen LogP contribution in [0.4, 0.5) is 11.4 Å². The molecule has 21 heavy (non-hydrogen) atoms. The van der Waals surface area contributed by atoms with Crippen LogP contribution in [0.2, 0.25) is 10.3 Å². The first-order valence-corrected chi connectivity index (χ1v) is 7.25. The molecule has 1 aromatic carbocycles. The molecule has 0 atom stereocenters. The molecule has 1 aromatic heterocycles. The van der Waals surface area contributed by atoms with Crippen molar-refractivity contribution in [2.45, 2.75) is 12.8 Å². The molecule has 0 bridgehead atoms. The number of halogens is 2. The molecule has 7 heteroatoms. The average Bonchev–Trinajstić information content (AvgIpc) is 2.50. The van der Waals surface area contributed by atoms with Crippen LogP contribution in [0.5, 0.6) is 0 Å². The zero-order valence-corrected chi connectivity index (χ0v) is 12.5. The molecule has 2 aromatic rings. The number of nitrogens with one attached hydrogen (secondary N) is 2. The predicted molar refractivity (Wildman–Crippen MR) is 83.3 cm³/mol. The number of fused-ring (bicyclic) bond motifs is 1. The predicted octanol–water partition coefficient (Wildman–Crippen LogP) is 3.39. The number of benzene rings is 1. The summed E-state index contributed by atoms with van der Waals surface area (Å²) in [5.41, 5.74) is 2.84. The van der Waals surface area contributed by atoms with Crippen molar-refractivity contribution in [1.82, 2.24) is 9.97 Å². The van der Waals surface area contributed by atoms with E-state index < -0.39 is 0 Å². The fraction of sp³-hybridized carbons (Fsp3) is 0.214. The molecule has 3 rings (SSSR count). The summed E-state index contributed by atoms with van der Waals surface area (Å²) < 4.78 is 0. The maximum atomic E-state index is 12.5. The van der Waals surface area contributed by atoms with Crippen LogP contribution in [0, 0.1) is 0 Å². The van der Waals surface area contributed by atoms with Gasteiger partial charge in [-0.3, -0.25) is 4.79 Å². The normalized spacial score (nSPS) is 13.2. The number of rotatable bonds is 2. The summed E-state index contributed by atoms with van der Waals surface area (Å²) in [5, 5.41) is 6.21. The third-order valence-electron chi connectivity index (χ3n) is 3.33. The minimum absolute atomic E-state index is 0.117. The number of aromatic nitrogens is 2. The third kappa shape index (κ3) is 2.80. The Hall–Kier alpha value is -1.85.